The molecule has 22 nitrogen and oxygen atoms in total. The lowest BCUT2D eigenvalue weighted by molar-refractivity contribution is 0.0585. The molecule has 0 unspecified atom stereocenters. The molecule has 5 heterocycles. The van der Waals surface area contributed by atoms with E-state index in [-0.39, 0.29) is 39.9 Å². The van der Waals surface area contributed by atoms with Gasteiger partial charge in [-0.25, -0.2) is 28.9 Å². The zero-order valence-electron chi connectivity index (χ0n) is 38.8. The number of nitrogens with zero attached hydrogens (tertiary/aromatic N) is 10. The van der Waals surface area contributed by atoms with Gasteiger partial charge in [0.25, 0.3) is 23.6 Å². The molecule has 364 valence electrons. The predicted octanol–water partition coefficient (Wildman–Crippen LogP) is 6.13. The third-order valence-corrected chi connectivity index (χ3v) is 11.6. The molecule has 0 radical (unpaired) electrons. The summed E-state index contributed by atoms with van der Waals surface area (Å²) in [6, 6.07) is 22.2. The summed E-state index contributed by atoms with van der Waals surface area (Å²) in [6.45, 7) is 3.04. The first-order valence-electron chi connectivity index (χ1n) is 22.0. The minimum Gasteiger partial charge on any atom is -0.479 e. The molecule has 1 fully saturated rings. The smallest absolute Gasteiger partial charge is 0.360 e. The van der Waals surface area contributed by atoms with Crippen LogP contribution in [0.1, 0.15) is 65.7 Å². The average molecular weight is 984 g/mol. The van der Waals surface area contributed by atoms with Gasteiger partial charge in [0.05, 0.1) is 53.9 Å². The van der Waals surface area contributed by atoms with Gasteiger partial charge in [0.2, 0.25) is 0 Å². The van der Waals surface area contributed by atoms with E-state index in [1.807, 2.05) is 60.7 Å². The van der Waals surface area contributed by atoms with Gasteiger partial charge >= 0.3 is 11.9 Å². The van der Waals surface area contributed by atoms with Crippen molar-refractivity contribution in [3.8, 4) is 11.8 Å². The van der Waals surface area contributed by atoms with Crippen molar-refractivity contribution in [2.45, 2.75) is 25.9 Å². The van der Waals surface area contributed by atoms with Crippen LogP contribution in [0.15, 0.2) is 97.6 Å². The standard InChI is InChI=1S/C27H29N7O5.C21H17ClN6O4/c1-37-26-24(28-15-17-9-13-39-14-10-17)31-23(22(30-26)27(36)38-2)32-25(35)21-8-7-18(16-34-12-11-29-33-34)19-5-3-4-6-20(19)21;1-31-20-17(22)25-18(16(24-20)21(30)32-2)26-19(29)15-8-7-12(11-28-10-9-23-27-28)13-5-3-4-6-14(13)15/h3-8,11-12,17H,9-10,13-16H2,1-2H3,(H2,28,31,32,35);3-10H,11H2,1-2H3,(H,25,26,29). The van der Waals surface area contributed by atoms with Gasteiger partial charge in [0.15, 0.2) is 34.0 Å². The molecule has 9 rings (SSSR count). The van der Waals surface area contributed by atoms with Gasteiger partial charge in [0.1, 0.15) is 0 Å². The maximum atomic E-state index is 13.6. The number of halogens is 1. The van der Waals surface area contributed by atoms with E-state index in [9.17, 15) is 19.2 Å². The minimum absolute atomic E-state index is 0.0297. The molecule has 4 aromatic carbocycles. The lowest BCUT2D eigenvalue weighted by Crippen LogP contribution is -2.24. The van der Waals surface area contributed by atoms with Crippen molar-refractivity contribution in [3.63, 3.8) is 0 Å². The van der Waals surface area contributed by atoms with Gasteiger partial charge in [-0.3, -0.25) is 9.59 Å². The Hall–Kier alpha value is -8.63. The van der Waals surface area contributed by atoms with E-state index >= 15 is 0 Å². The first kappa shape index (κ1) is 48.8. The number of nitrogens with one attached hydrogen (secondary N) is 3. The second-order valence-corrected chi connectivity index (χ2v) is 16.0. The highest BCUT2D eigenvalue weighted by molar-refractivity contribution is 6.31. The molecule has 0 saturated carbocycles. The van der Waals surface area contributed by atoms with Gasteiger partial charge in [-0.1, -0.05) is 82.7 Å². The van der Waals surface area contributed by atoms with Crippen molar-refractivity contribution in [1.82, 2.24) is 49.9 Å². The van der Waals surface area contributed by atoms with Crippen molar-refractivity contribution in [1.29, 1.82) is 0 Å². The van der Waals surface area contributed by atoms with Crippen LogP contribution in [0.4, 0.5) is 17.5 Å². The molecule has 4 aromatic heterocycles. The first-order valence-corrected chi connectivity index (χ1v) is 22.3. The highest BCUT2D eigenvalue weighted by atomic mass is 35.5. The Bertz CT molecular complexity index is 3210. The third-order valence-electron chi connectivity index (χ3n) is 11.3. The molecule has 71 heavy (non-hydrogen) atoms. The van der Waals surface area contributed by atoms with E-state index in [2.05, 4.69) is 56.5 Å². The van der Waals surface area contributed by atoms with Crippen molar-refractivity contribution < 1.29 is 42.9 Å². The van der Waals surface area contributed by atoms with Crippen LogP contribution in [0.5, 0.6) is 11.8 Å². The van der Waals surface area contributed by atoms with Crippen molar-refractivity contribution in [3.05, 3.63) is 136 Å². The summed E-state index contributed by atoms with van der Waals surface area (Å²) >= 11 is 6.05. The zero-order chi connectivity index (χ0) is 49.9. The number of hydrogen-bond acceptors (Lipinski definition) is 18. The Morgan fingerprint density at radius 2 is 1.10 bits per heavy atom. The van der Waals surface area contributed by atoms with Crippen molar-refractivity contribution in [2.24, 2.45) is 5.92 Å². The second kappa shape index (κ2) is 22.7. The Labute approximate surface area is 410 Å². The summed E-state index contributed by atoms with van der Waals surface area (Å²) < 4.78 is 28.9. The number of hydrogen-bond donors (Lipinski definition) is 3. The topological polar surface area (TPSA) is 264 Å². The number of esters is 2. The molecular formula is C48H46ClN13O9. The largest absolute Gasteiger partial charge is 0.479 e. The van der Waals surface area contributed by atoms with Gasteiger partial charge in [0, 0.05) is 43.3 Å². The van der Waals surface area contributed by atoms with E-state index in [1.54, 1.807) is 46.3 Å². The summed E-state index contributed by atoms with van der Waals surface area (Å²) in [7, 11) is 5.21. The number of anilines is 3. The van der Waals surface area contributed by atoms with Gasteiger partial charge in [-0.05, 0) is 63.6 Å². The summed E-state index contributed by atoms with van der Waals surface area (Å²) in [4.78, 5) is 68.3. The normalized spacial score (nSPS) is 12.4. The molecule has 23 heteroatoms. The van der Waals surface area contributed by atoms with Crippen LogP contribution in [-0.4, -0.2) is 122 Å². The number of fused-ring (bicyclic) bond motifs is 2. The fraction of sp³-hybridized carbons (Fsp3) is 0.250. The summed E-state index contributed by atoms with van der Waals surface area (Å²) in [5.41, 5.74) is 2.35. The summed E-state index contributed by atoms with van der Waals surface area (Å²) in [6.07, 6.45) is 8.60. The molecule has 1 saturated heterocycles. The Morgan fingerprint density at radius 3 is 1.56 bits per heavy atom. The molecule has 8 aromatic rings. The molecule has 3 N–H and O–H groups in total. The number of carbonyl (C=O) groups excluding carboxylic acids is 4. The molecule has 0 spiro atoms. The molecule has 0 bridgehead atoms. The SMILES string of the molecule is COC(=O)c1nc(OC)c(Cl)nc1NC(=O)c1ccc(Cn2ccnn2)c2ccccc12.COC(=O)c1nc(OC)c(NCC2CCOCC2)nc1NC(=O)c1ccc(Cn2ccnn2)c2ccccc12. The number of amides is 2. The van der Waals surface area contributed by atoms with Crippen LogP contribution < -0.4 is 25.4 Å². The quantitative estimate of drug-likeness (QED) is 0.0976. The van der Waals surface area contributed by atoms with E-state index in [0.29, 0.717) is 55.7 Å². The first-order chi connectivity index (χ1) is 34.6. The maximum Gasteiger partial charge on any atom is 0.360 e. The highest BCUT2D eigenvalue weighted by Gasteiger charge is 2.26. The van der Waals surface area contributed by atoms with Crippen molar-refractivity contribution in [2.75, 3.05) is 64.1 Å². The van der Waals surface area contributed by atoms with Crippen LogP contribution >= 0.6 is 11.6 Å². The molecule has 1 aliphatic rings. The Balaban J connectivity index is 0.000000194. The van der Waals surface area contributed by atoms with E-state index in [0.717, 1.165) is 45.5 Å². The number of carbonyl (C=O) groups is 4. The fourth-order valence-corrected chi connectivity index (χ4v) is 7.98. The number of ether oxygens (including phenoxy) is 5. The van der Waals surface area contributed by atoms with Gasteiger partial charge in [-0.15, -0.1) is 10.2 Å². The van der Waals surface area contributed by atoms with Crippen LogP contribution in [0.25, 0.3) is 21.5 Å². The van der Waals surface area contributed by atoms with Crippen molar-refractivity contribution >= 4 is 74.4 Å². The monoisotopic (exact) mass is 983 g/mol. The van der Waals surface area contributed by atoms with Crippen LogP contribution in [-0.2, 0) is 27.3 Å². The predicted molar refractivity (Wildman–Crippen MR) is 259 cm³/mol. The number of rotatable bonds is 15. The van der Waals surface area contributed by atoms with E-state index in [4.69, 9.17) is 35.3 Å². The lowest BCUT2D eigenvalue weighted by atomic mass is 9.99. The highest BCUT2D eigenvalue weighted by Crippen LogP contribution is 2.30. The molecule has 0 aliphatic carbocycles. The maximum absolute atomic E-state index is 13.6. The second-order valence-electron chi connectivity index (χ2n) is 15.7. The summed E-state index contributed by atoms with van der Waals surface area (Å²) in [5, 5.41) is 27.5. The third kappa shape index (κ3) is 11.3. The lowest BCUT2D eigenvalue weighted by Gasteiger charge is -2.23. The van der Waals surface area contributed by atoms with Crippen LogP contribution in [0.2, 0.25) is 5.15 Å². The molecule has 1 aliphatic heterocycles. The Kier molecular flexibility index (Phi) is 15.6. The Morgan fingerprint density at radius 1 is 0.620 bits per heavy atom. The number of methoxy groups -OCH3 is 4. The average Bonchev–Trinajstić information content (AvgIpc) is 4.13. The van der Waals surface area contributed by atoms with E-state index in [1.165, 1.54) is 28.4 Å². The number of benzene rings is 4. The van der Waals surface area contributed by atoms with Gasteiger partial charge in [-0.2, -0.15) is 9.97 Å². The number of aromatic nitrogens is 10. The van der Waals surface area contributed by atoms with Crippen LogP contribution in [0, 0.1) is 5.92 Å². The minimum atomic E-state index is -0.796. The fourth-order valence-electron chi connectivity index (χ4n) is 7.78. The molecule has 0 atom stereocenters. The zero-order valence-corrected chi connectivity index (χ0v) is 39.5. The van der Waals surface area contributed by atoms with Crippen LogP contribution in [0.3, 0.4) is 0 Å². The summed E-state index contributed by atoms with van der Waals surface area (Å²) in [5.74, 6) is -1.87. The van der Waals surface area contributed by atoms with Gasteiger partial charge < -0.3 is 39.6 Å². The molecular weight excluding hydrogens is 938 g/mol. The molecule has 2 amide bonds. The van der Waals surface area contributed by atoms with E-state index < -0.39 is 23.8 Å².